The van der Waals surface area contributed by atoms with Crippen molar-refractivity contribution >= 4 is 21.6 Å². The predicted molar refractivity (Wildman–Crippen MR) is 55.2 cm³/mol. The summed E-state index contributed by atoms with van der Waals surface area (Å²) in [5, 5.41) is 2.53. The summed E-state index contributed by atoms with van der Waals surface area (Å²) in [5.41, 5.74) is -0.751. The van der Waals surface area contributed by atoms with Gasteiger partial charge < -0.3 is 9.87 Å². The molecule has 13 heavy (non-hydrogen) atoms. The van der Waals surface area contributed by atoms with Crippen molar-refractivity contribution in [3.05, 3.63) is 12.7 Å². The van der Waals surface area contributed by atoms with Crippen LogP contribution in [-0.2, 0) is 14.6 Å². The fourth-order valence-corrected chi connectivity index (χ4v) is 2.18. The molecule has 5 heteroatoms. The smallest absolute Gasteiger partial charge is 0.243 e. The lowest BCUT2D eigenvalue weighted by Crippen LogP contribution is -2.47. The highest BCUT2D eigenvalue weighted by Gasteiger charge is 2.22. The summed E-state index contributed by atoms with van der Waals surface area (Å²) < 4.78 is 19.9. The van der Waals surface area contributed by atoms with Crippen LogP contribution in [0, 0.1) is 0 Å². The van der Waals surface area contributed by atoms with Gasteiger partial charge in [-0.3, -0.25) is 4.79 Å². The molecule has 0 aromatic heterocycles. The van der Waals surface area contributed by atoms with E-state index in [0.717, 1.165) is 6.08 Å². The van der Waals surface area contributed by atoms with Gasteiger partial charge in [0.1, 0.15) is 0 Å². The van der Waals surface area contributed by atoms with Gasteiger partial charge >= 0.3 is 0 Å². The van der Waals surface area contributed by atoms with Crippen LogP contribution in [0.15, 0.2) is 12.7 Å². The summed E-state index contributed by atoms with van der Waals surface area (Å²) in [6.45, 7) is 6.58. The molecule has 0 saturated carbocycles. The molecule has 1 atom stereocenters. The van der Waals surface area contributed by atoms with Crippen molar-refractivity contribution in [1.29, 1.82) is 0 Å². The van der Waals surface area contributed by atoms with E-state index >= 15 is 0 Å². The van der Waals surface area contributed by atoms with Crippen LogP contribution in [0.5, 0.6) is 0 Å². The molecule has 0 aliphatic carbocycles. The van der Waals surface area contributed by atoms with E-state index in [9.17, 15) is 9.00 Å². The fraction of sp³-hybridized carbons (Fsp3) is 0.500. The summed E-state index contributed by atoms with van der Waals surface area (Å²) in [4.78, 5) is 10.9. The molecule has 0 saturated heterocycles. The zero-order valence-electron chi connectivity index (χ0n) is 7.87. The normalized spacial score (nSPS) is 15.9. The molecule has 0 rings (SSSR count). The summed E-state index contributed by atoms with van der Waals surface area (Å²) in [5.74, 6) is 2.64. The molecule has 2 N–H and O–H groups in total. The van der Waals surface area contributed by atoms with Crippen LogP contribution in [0.25, 0.3) is 0 Å². The molecule has 0 aliphatic rings. The second kappa shape index (κ2) is 3.93. The SMILES string of the molecule is C=CC(=O)NC(C)(C)CS(=C)(=O)O. The Morgan fingerprint density at radius 3 is 2.46 bits per heavy atom. The van der Waals surface area contributed by atoms with Crippen LogP contribution < -0.4 is 5.32 Å². The third-order valence-corrected chi connectivity index (χ3v) is 2.41. The van der Waals surface area contributed by atoms with Crippen molar-refractivity contribution in [2.45, 2.75) is 19.4 Å². The second-order valence-corrected chi connectivity index (χ2v) is 5.33. The molecule has 0 bridgehead atoms. The van der Waals surface area contributed by atoms with E-state index in [1.54, 1.807) is 13.8 Å². The maximum atomic E-state index is 10.9. The van der Waals surface area contributed by atoms with E-state index < -0.39 is 15.3 Å². The number of carbonyl (C=O) groups is 1. The van der Waals surface area contributed by atoms with Crippen LogP contribution in [0.1, 0.15) is 13.8 Å². The first-order valence-corrected chi connectivity index (χ1v) is 5.53. The van der Waals surface area contributed by atoms with E-state index in [1.807, 2.05) is 0 Å². The standard InChI is InChI=1S/C8H15NO3S/c1-5-7(10)9-8(2,3)6-13(4,11)12/h5H,1,4,6H2,2-3H3,(H,9,10)(H,11,12). The Bertz CT molecular complexity index is 303. The van der Waals surface area contributed by atoms with E-state index in [2.05, 4.69) is 17.8 Å². The van der Waals surface area contributed by atoms with E-state index in [-0.39, 0.29) is 11.7 Å². The third kappa shape index (κ3) is 6.36. The van der Waals surface area contributed by atoms with Gasteiger partial charge in [-0.25, -0.2) is 4.21 Å². The van der Waals surface area contributed by atoms with Crippen LogP contribution >= 0.6 is 0 Å². The Morgan fingerprint density at radius 2 is 2.15 bits per heavy atom. The number of carbonyl (C=O) groups excluding carboxylic acids is 1. The van der Waals surface area contributed by atoms with Gasteiger partial charge in [-0.2, -0.15) is 0 Å². The van der Waals surface area contributed by atoms with Gasteiger partial charge in [0.15, 0.2) is 0 Å². The van der Waals surface area contributed by atoms with Gasteiger partial charge in [-0.15, -0.1) is 0 Å². The highest BCUT2D eigenvalue weighted by atomic mass is 32.2. The molecular formula is C8H15NO3S. The van der Waals surface area contributed by atoms with Gasteiger partial charge in [-0.05, 0) is 25.8 Å². The molecule has 0 radical (unpaired) electrons. The lowest BCUT2D eigenvalue weighted by atomic mass is 10.1. The minimum Gasteiger partial charge on any atom is -0.347 e. The number of hydrogen-bond donors (Lipinski definition) is 2. The average Bonchev–Trinajstić information content (AvgIpc) is 1.80. The first kappa shape index (κ1) is 12.2. The second-order valence-electron chi connectivity index (χ2n) is 3.49. The summed E-state index contributed by atoms with van der Waals surface area (Å²) >= 11 is 0. The van der Waals surface area contributed by atoms with E-state index in [4.69, 9.17) is 4.55 Å². The van der Waals surface area contributed by atoms with E-state index in [0.29, 0.717) is 0 Å². The van der Waals surface area contributed by atoms with E-state index in [1.165, 1.54) is 0 Å². The molecule has 0 aromatic rings. The van der Waals surface area contributed by atoms with Crippen LogP contribution in [0.3, 0.4) is 0 Å². The molecule has 0 spiro atoms. The monoisotopic (exact) mass is 205 g/mol. The quantitative estimate of drug-likeness (QED) is 0.511. The highest BCUT2D eigenvalue weighted by molar-refractivity contribution is 7.95. The van der Waals surface area contributed by atoms with Crippen molar-refractivity contribution < 1.29 is 13.6 Å². The Hall–Kier alpha value is -0.810. The zero-order chi connectivity index (χ0) is 10.7. The molecule has 0 aromatic carbocycles. The van der Waals surface area contributed by atoms with Gasteiger partial charge in [0, 0.05) is 5.54 Å². The largest absolute Gasteiger partial charge is 0.347 e. The fourth-order valence-electron chi connectivity index (χ4n) is 0.984. The average molecular weight is 205 g/mol. The van der Waals surface area contributed by atoms with Crippen molar-refractivity contribution in [1.82, 2.24) is 5.32 Å². The topological polar surface area (TPSA) is 66.4 Å². The lowest BCUT2D eigenvalue weighted by Gasteiger charge is -2.25. The van der Waals surface area contributed by atoms with Gasteiger partial charge in [-0.1, -0.05) is 6.58 Å². The number of rotatable bonds is 4. The Kier molecular flexibility index (Phi) is 3.69. The third-order valence-electron chi connectivity index (χ3n) is 1.23. The van der Waals surface area contributed by atoms with Gasteiger partial charge in [0.2, 0.25) is 5.91 Å². The summed E-state index contributed by atoms with van der Waals surface area (Å²) in [7, 11) is -3.08. The summed E-state index contributed by atoms with van der Waals surface area (Å²) in [6, 6.07) is 0. The number of nitrogens with one attached hydrogen (secondary N) is 1. The zero-order valence-corrected chi connectivity index (χ0v) is 8.69. The van der Waals surface area contributed by atoms with Crippen LogP contribution in [0.4, 0.5) is 0 Å². The van der Waals surface area contributed by atoms with Crippen LogP contribution in [-0.4, -0.2) is 31.8 Å². The minimum absolute atomic E-state index is 0.0837. The van der Waals surface area contributed by atoms with Crippen molar-refractivity contribution in [2.24, 2.45) is 0 Å². The number of amides is 1. The van der Waals surface area contributed by atoms with Crippen molar-refractivity contribution in [3.8, 4) is 0 Å². The predicted octanol–water partition coefficient (Wildman–Crippen LogP) is 0.257. The van der Waals surface area contributed by atoms with Crippen molar-refractivity contribution in [2.75, 3.05) is 5.75 Å². The first-order valence-electron chi connectivity index (χ1n) is 3.68. The molecule has 0 fully saturated rings. The molecule has 1 amide bonds. The molecular weight excluding hydrogens is 190 g/mol. The maximum absolute atomic E-state index is 10.9. The van der Waals surface area contributed by atoms with Gasteiger partial charge in [0.25, 0.3) is 0 Å². The maximum Gasteiger partial charge on any atom is 0.243 e. The Morgan fingerprint density at radius 1 is 1.69 bits per heavy atom. The Labute approximate surface area is 78.9 Å². The van der Waals surface area contributed by atoms with Crippen molar-refractivity contribution in [3.63, 3.8) is 0 Å². The molecule has 4 nitrogen and oxygen atoms in total. The molecule has 1 unspecified atom stereocenters. The highest BCUT2D eigenvalue weighted by Crippen LogP contribution is 2.05. The lowest BCUT2D eigenvalue weighted by molar-refractivity contribution is -0.117. The molecule has 0 heterocycles. The first-order chi connectivity index (χ1) is 5.66. The molecule has 0 aliphatic heterocycles. The minimum atomic E-state index is -3.08. The molecule has 76 valence electrons. The van der Waals surface area contributed by atoms with Gasteiger partial charge in [0.05, 0.1) is 15.6 Å². The summed E-state index contributed by atoms with van der Waals surface area (Å²) in [6.07, 6.45) is 1.12. The van der Waals surface area contributed by atoms with Crippen LogP contribution in [0.2, 0.25) is 0 Å². The number of hydrogen-bond acceptors (Lipinski definition) is 2. The Balaban J connectivity index is 4.41.